The summed E-state index contributed by atoms with van der Waals surface area (Å²) in [5.74, 6) is -2.43. The van der Waals surface area contributed by atoms with Crippen LogP contribution in [-0.2, 0) is 38.4 Å². The molecule has 0 spiro atoms. The van der Waals surface area contributed by atoms with Crippen molar-refractivity contribution in [2.75, 3.05) is 7.05 Å². The summed E-state index contributed by atoms with van der Waals surface area (Å²) in [6.45, 7) is 0. The molecule has 0 aliphatic carbocycles. The van der Waals surface area contributed by atoms with Crippen molar-refractivity contribution in [2.24, 2.45) is 0 Å². The highest BCUT2D eigenvalue weighted by Crippen LogP contribution is 2.14. The summed E-state index contributed by atoms with van der Waals surface area (Å²) in [6.07, 6.45) is 7.04. The number of hydroxylamine groups is 4. The number of carbonyl (C=O) groups is 6. The number of nitrogens with zero attached hydrogens (tertiary/aromatic N) is 2. The maximum Gasteiger partial charge on any atom is 0.333 e. The van der Waals surface area contributed by atoms with Gasteiger partial charge in [-0.25, -0.2) is 9.59 Å². The molecule has 0 N–H and O–H groups in total. The molecule has 0 aromatic rings. The van der Waals surface area contributed by atoms with E-state index in [2.05, 4.69) is 0 Å². The van der Waals surface area contributed by atoms with Crippen molar-refractivity contribution in [3.8, 4) is 0 Å². The van der Waals surface area contributed by atoms with Crippen LogP contribution in [0.3, 0.4) is 0 Å². The molecule has 1 aliphatic rings. The van der Waals surface area contributed by atoms with E-state index in [4.69, 9.17) is 9.68 Å². The van der Waals surface area contributed by atoms with Crippen molar-refractivity contribution >= 4 is 35.9 Å². The van der Waals surface area contributed by atoms with Gasteiger partial charge in [0.25, 0.3) is 17.7 Å². The average Bonchev–Trinajstić information content (AvgIpc) is 3.02. The third-order valence-electron chi connectivity index (χ3n) is 4.53. The Morgan fingerprint density at radius 1 is 0.867 bits per heavy atom. The Hall–Kier alpha value is -2.78. The van der Waals surface area contributed by atoms with Crippen LogP contribution in [0.5, 0.6) is 0 Å². The summed E-state index contributed by atoms with van der Waals surface area (Å²) in [5.41, 5.74) is 0. The van der Waals surface area contributed by atoms with Gasteiger partial charge < -0.3 is 14.5 Å². The van der Waals surface area contributed by atoms with Gasteiger partial charge in [-0.05, 0) is 12.8 Å². The first-order valence-electron chi connectivity index (χ1n) is 10.3. The van der Waals surface area contributed by atoms with Crippen LogP contribution in [0.25, 0.3) is 0 Å². The Morgan fingerprint density at radius 3 is 1.90 bits per heavy atom. The van der Waals surface area contributed by atoms with Gasteiger partial charge in [0.15, 0.2) is 0 Å². The molecule has 1 aliphatic heterocycles. The monoisotopic (exact) mass is 426 g/mol. The van der Waals surface area contributed by atoms with Gasteiger partial charge in [0.05, 0.1) is 0 Å². The van der Waals surface area contributed by atoms with E-state index in [1.807, 2.05) is 0 Å². The maximum absolute atomic E-state index is 11.7. The van der Waals surface area contributed by atoms with E-state index in [1.54, 1.807) is 0 Å². The number of aldehydes is 1. The van der Waals surface area contributed by atoms with E-state index >= 15 is 0 Å². The Balaban J connectivity index is 1.97. The molecule has 0 saturated carbocycles. The number of imide groups is 1. The molecule has 0 aromatic heterocycles. The van der Waals surface area contributed by atoms with Crippen molar-refractivity contribution in [1.29, 1.82) is 0 Å². The van der Waals surface area contributed by atoms with Crippen LogP contribution in [0, 0.1) is 0 Å². The molecule has 10 nitrogen and oxygen atoms in total. The first kappa shape index (κ1) is 25.3. The third-order valence-corrected chi connectivity index (χ3v) is 4.53. The number of hydrogen-bond acceptors (Lipinski definition) is 8. The summed E-state index contributed by atoms with van der Waals surface area (Å²) in [7, 11) is 1.35. The standard InChI is InChI=1S/C20H30N2O8/c1-21(16(24)10-9-15-23)29-19(27)11-7-5-3-2-4-6-8-12-20(28)30-22-17(25)13-14-18(22)26/h15H,2-14H2,1H3. The zero-order valence-corrected chi connectivity index (χ0v) is 17.4. The summed E-state index contributed by atoms with van der Waals surface area (Å²) in [6, 6.07) is 0. The maximum atomic E-state index is 11.7. The van der Waals surface area contributed by atoms with E-state index in [0.717, 1.165) is 37.2 Å². The molecule has 0 atom stereocenters. The summed E-state index contributed by atoms with van der Waals surface area (Å²) >= 11 is 0. The van der Waals surface area contributed by atoms with Crippen LogP contribution in [0.2, 0.25) is 0 Å². The van der Waals surface area contributed by atoms with Crippen LogP contribution in [0.1, 0.15) is 83.5 Å². The smallest absolute Gasteiger partial charge is 0.333 e. The minimum Gasteiger partial charge on any atom is -0.338 e. The van der Waals surface area contributed by atoms with Crippen molar-refractivity contribution in [3.05, 3.63) is 0 Å². The zero-order valence-electron chi connectivity index (χ0n) is 17.4. The van der Waals surface area contributed by atoms with Crippen LogP contribution in [0.4, 0.5) is 0 Å². The normalized spacial score (nSPS) is 13.3. The lowest BCUT2D eigenvalue weighted by Crippen LogP contribution is -2.31. The Bertz CT molecular complexity index is 618. The van der Waals surface area contributed by atoms with Gasteiger partial charge >= 0.3 is 11.9 Å². The minimum absolute atomic E-state index is 0.0134. The predicted molar refractivity (Wildman–Crippen MR) is 103 cm³/mol. The topological polar surface area (TPSA) is 127 Å². The second-order valence-electron chi connectivity index (χ2n) is 7.08. The van der Waals surface area contributed by atoms with Crippen molar-refractivity contribution < 1.29 is 38.4 Å². The van der Waals surface area contributed by atoms with Crippen LogP contribution in [-0.4, -0.2) is 53.1 Å². The highest BCUT2D eigenvalue weighted by atomic mass is 16.7. The molecule has 0 bridgehead atoms. The molecule has 3 amide bonds. The van der Waals surface area contributed by atoms with E-state index in [0.29, 0.717) is 24.2 Å². The highest BCUT2D eigenvalue weighted by molar-refractivity contribution is 6.01. The van der Waals surface area contributed by atoms with E-state index in [-0.39, 0.29) is 38.5 Å². The molecule has 168 valence electrons. The lowest BCUT2D eigenvalue weighted by Gasteiger charge is -2.15. The molecular weight excluding hydrogens is 396 g/mol. The molecule has 1 saturated heterocycles. The first-order chi connectivity index (χ1) is 14.3. The minimum atomic E-state index is -0.577. The highest BCUT2D eigenvalue weighted by Gasteiger charge is 2.32. The first-order valence-corrected chi connectivity index (χ1v) is 10.3. The molecule has 1 rings (SSSR count). The quantitative estimate of drug-likeness (QED) is 0.179. The Kier molecular flexibility index (Phi) is 12.0. The SMILES string of the molecule is CN(OC(=O)CCCCCCCCCC(=O)ON1C(=O)CCC1=O)C(=O)CCC=O. The number of unbranched alkanes of at least 4 members (excludes halogenated alkanes) is 6. The summed E-state index contributed by atoms with van der Waals surface area (Å²) in [5, 5.41) is 1.43. The van der Waals surface area contributed by atoms with Crippen molar-refractivity contribution in [3.63, 3.8) is 0 Å². The van der Waals surface area contributed by atoms with Gasteiger partial charge in [-0.15, -0.1) is 5.06 Å². The van der Waals surface area contributed by atoms with Gasteiger partial charge in [-0.3, -0.25) is 14.4 Å². The molecule has 0 radical (unpaired) electrons. The average molecular weight is 426 g/mol. The van der Waals surface area contributed by atoms with Gasteiger partial charge in [0.1, 0.15) is 6.29 Å². The van der Waals surface area contributed by atoms with Crippen LogP contribution >= 0.6 is 0 Å². The summed E-state index contributed by atoms with van der Waals surface area (Å²) < 4.78 is 0. The van der Waals surface area contributed by atoms with Gasteiger partial charge in [-0.1, -0.05) is 32.1 Å². The Labute approximate surface area is 175 Å². The zero-order chi connectivity index (χ0) is 22.4. The molecule has 0 aromatic carbocycles. The fourth-order valence-electron chi connectivity index (χ4n) is 2.82. The summed E-state index contributed by atoms with van der Waals surface area (Å²) in [4.78, 5) is 77.5. The van der Waals surface area contributed by atoms with E-state index in [9.17, 15) is 28.8 Å². The number of carbonyl (C=O) groups excluding carboxylic acids is 6. The van der Waals surface area contributed by atoms with Gasteiger partial charge in [0.2, 0.25) is 0 Å². The van der Waals surface area contributed by atoms with Gasteiger partial charge in [-0.2, -0.15) is 5.06 Å². The molecule has 30 heavy (non-hydrogen) atoms. The lowest BCUT2D eigenvalue weighted by atomic mass is 10.1. The Morgan fingerprint density at radius 2 is 1.37 bits per heavy atom. The fourth-order valence-corrected chi connectivity index (χ4v) is 2.82. The van der Waals surface area contributed by atoms with E-state index < -0.39 is 29.7 Å². The fraction of sp³-hybridized carbons (Fsp3) is 0.700. The largest absolute Gasteiger partial charge is 0.338 e. The molecule has 1 fully saturated rings. The predicted octanol–water partition coefficient (Wildman–Crippen LogP) is 2.00. The lowest BCUT2D eigenvalue weighted by molar-refractivity contribution is -0.197. The number of rotatable bonds is 14. The second-order valence-corrected chi connectivity index (χ2v) is 7.08. The number of amides is 3. The van der Waals surface area contributed by atoms with E-state index in [1.165, 1.54) is 7.05 Å². The second kappa shape index (κ2) is 14.2. The van der Waals surface area contributed by atoms with Crippen molar-refractivity contribution in [1.82, 2.24) is 10.1 Å². The molecular formula is C20H30N2O8. The third kappa shape index (κ3) is 10.1. The molecule has 0 unspecified atom stereocenters. The van der Waals surface area contributed by atoms with Crippen LogP contribution in [0.15, 0.2) is 0 Å². The number of hydrogen-bond donors (Lipinski definition) is 0. The molecule has 10 heteroatoms. The van der Waals surface area contributed by atoms with Crippen LogP contribution < -0.4 is 0 Å². The van der Waals surface area contributed by atoms with Crippen molar-refractivity contribution in [2.45, 2.75) is 83.5 Å². The molecule has 1 heterocycles. The van der Waals surface area contributed by atoms with Gasteiger partial charge in [0, 0.05) is 45.6 Å².